The highest BCUT2D eigenvalue weighted by atomic mass is 35.5. The number of amides is 1. The van der Waals surface area contributed by atoms with Crippen molar-refractivity contribution in [1.29, 1.82) is 0 Å². The van der Waals surface area contributed by atoms with Crippen LogP contribution in [-0.4, -0.2) is 45.8 Å². The van der Waals surface area contributed by atoms with Gasteiger partial charge in [-0.3, -0.25) is 14.7 Å². The summed E-state index contributed by atoms with van der Waals surface area (Å²) in [6, 6.07) is 10.3. The zero-order valence-electron chi connectivity index (χ0n) is 15.1. The highest BCUT2D eigenvalue weighted by molar-refractivity contribution is 5.92. The van der Waals surface area contributed by atoms with Crippen molar-refractivity contribution in [2.45, 2.75) is 50.7 Å². The largest absolute Gasteiger partial charge is 0.337 e. The number of aromatic nitrogens is 2. The summed E-state index contributed by atoms with van der Waals surface area (Å²) in [5.74, 6) is -0.116. The van der Waals surface area contributed by atoms with E-state index in [1.807, 2.05) is 38.2 Å². The predicted molar refractivity (Wildman–Crippen MR) is 103 cm³/mol. The minimum atomic E-state index is -0.217. The first-order chi connectivity index (χ1) is 12.0. The van der Waals surface area contributed by atoms with Crippen LogP contribution in [0.2, 0.25) is 0 Å². The smallest absolute Gasteiger partial charge is 0.271 e. The zero-order chi connectivity index (χ0) is 17.6. The molecule has 26 heavy (non-hydrogen) atoms. The number of nitrogens with zero attached hydrogens (tertiary/aromatic N) is 2. The molecule has 1 amide bonds. The first kappa shape index (κ1) is 18.7. The molecule has 2 N–H and O–H groups in total. The summed E-state index contributed by atoms with van der Waals surface area (Å²) in [7, 11) is 1.85. The van der Waals surface area contributed by atoms with Crippen molar-refractivity contribution in [3.63, 3.8) is 0 Å². The van der Waals surface area contributed by atoms with Gasteiger partial charge in [-0.2, -0.15) is 0 Å². The second-order valence-electron chi connectivity index (χ2n) is 7.36. The molecule has 2 aliphatic heterocycles. The van der Waals surface area contributed by atoms with Crippen LogP contribution in [0.5, 0.6) is 0 Å². The maximum Gasteiger partial charge on any atom is 0.271 e. The van der Waals surface area contributed by atoms with Crippen LogP contribution in [0, 0.1) is 6.92 Å². The number of carbonyl (C=O) groups is 1. The van der Waals surface area contributed by atoms with E-state index in [-0.39, 0.29) is 29.9 Å². The van der Waals surface area contributed by atoms with E-state index in [9.17, 15) is 9.59 Å². The highest BCUT2D eigenvalue weighted by Crippen LogP contribution is 2.29. The average molecular weight is 377 g/mol. The van der Waals surface area contributed by atoms with Crippen molar-refractivity contribution in [1.82, 2.24) is 20.0 Å². The molecule has 0 radical (unpaired) electrons. The maximum atomic E-state index is 12.9. The molecule has 2 atom stereocenters. The Labute approximate surface area is 159 Å². The molecule has 4 rings (SSSR count). The van der Waals surface area contributed by atoms with Gasteiger partial charge in [-0.25, -0.2) is 4.68 Å². The van der Waals surface area contributed by atoms with E-state index in [0.29, 0.717) is 17.8 Å². The summed E-state index contributed by atoms with van der Waals surface area (Å²) in [5.41, 5.74) is 1.99. The Balaban J connectivity index is 0.00000196. The fourth-order valence-corrected chi connectivity index (χ4v) is 4.09. The number of carbonyl (C=O) groups excluding carboxylic acids is 1. The third-order valence-electron chi connectivity index (χ3n) is 5.56. The van der Waals surface area contributed by atoms with Crippen molar-refractivity contribution in [3.05, 3.63) is 51.9 Å². The van der Waals surface area contributed by atoms with Crippen LogP contribution < -0.4 is 10.9 Å². The molecular formula is C19H25ClN4O2. The van der Waals surface area contributed by atoms with E-state index < -0.39 is 0 Å². The van der Waals surface area contributed by atoms with E-state index in [1.54, 1.807) is 4.90 Å². The molecule has 2 fully saturated rings. The lowest BCUT2D eigenvalue weighted by Gasteiger charge is -2.35. The van der Waals surface area contributed by atoms with Crippen LogP contribution in [0.1, 0.15) is 41.7 Å². The van der Waals surface area contributed by atoms with Crippen LogP contribution >= 0.6 is 12.4 Å². The Kier molecular flexibility index (Phi) is 5.25. The topological polar surface area (TPSA) is 70.1 Å². The Morgan fingerprint density at radius 3 is 2.38 bits per heavy atom. The molecular weight excluding hydrogens is 352 g/mol. The van der Waals surface area contributed by atoms with Crippen molar-refractivity contribution in [2.24, 2.45) is 0 Å². The summed E-state index contributed by atoms with van der Waals surface area (Å²) < 4.78 is 1.42. The lowest BCUT2D eigenvalue weighted by molar-refractivity contribution is 0.0675. The molecule has 3 heterocycles. The van der Waals surface area contributed by atoms with Crippen molar-refractivity contribution < 1.29 is 4.79 Å². The van der Waals surface area contributed by atoms with Gasteiger partial charge in [0.05, 0.1) is 5.69 Å². The fourth-order valence-electron chi connectivity index (χ4n) is 4.09. The number of hydrogen-bond donors (Lipinski definition) is 2. The van der Waals surface area contributed by atoms with Crippen LogP contribution in [0.25, 0.3) is 5.69 Å². The number of piperidine rings is 1. The second-order valence-corrected chi connectivity index (χ2v) is 7.36. The summed E-state index contributed by atoms with van der Waals surface area (Å²) in [6.07, 6.45) is 4.37. The molecule has 7 heteroatoms. The molecule has 2 unspecified atom stereocenters. The van der Waals surface area contributed by atoms with Gasteiger partial charge in [0.15, 0.2) is 0 Å². The third kappa shape index (κ3) is 3.44. The van der Waals surface area contributed by atoms with Gasteiger partial charge in [-0.15, -0.1) is 12.4 Å². The Bertz CT molecular complexity index is 830. The standard InChI is InChI=1S/C19H24N4O2.ClH/c1-12-3-7-15(8-4-12)23-18(24)11-17(21-23)19(25)22(2)16-9-13-5-6-14(10-16)20-13;/h3-4,7-8,11,13-14,16,20-21H,5-6,9-10H2,1-2H3;1H. The normalized spacial score (nSPS) is 24.2. The lowest BCUT2D eigenvalue weighted by Crippen LogP contribution is -2.48. The van der Waals surface area contributed by atoms with Crippen LogP contribution in [-0.2, 0) is 0 Å². The SMILES string of the molecule is Cc1ccc(-n2[nH]c(C(=O)N(C)C3CC4CCC(C3)N4)cc2=O)cc1.Cl. The van der Waals surface area contributed by atoms with Gasteiger partial charge in [-0.05, 0) is 44.7 Å². The second kappa shape index (κ2) is 7.29. The molecule has 1 aromatic carbocycles. The molecule has 0 spiro atoms. The number of benzene rings is 1. The number of nitrogens with one attached hydrogen (secondary N) is 2. The first-order valence-electron chi connectivity index (χ1n) is 8.93. The number of H-pyrrole nitrogens is 1. The van der Waals surface area contributed by atoms with Crippen LogP contribution in [0.15, 0.2) is 35.1 Å². The Hall–Kier alpha value is -2.05. The van der Waals surface area contributed by atoms with Crippen LogP contribution in [0.3, 0.4) is 0 Å². The van der Waals surface area contributed by atoms with Gasteiger partial charge >= 0.3 is 0 Å². The van der Waals surface area contributed by atoms with Gasteiger partial charge in [-0.1, -0.05) is 17.7 Å². The molecule has 0 aliphatic carbocycles. The summed E-state index contributed by atoms with van der Waals surface area (Å²) in [5, 5.41) is 6.57. The summed E-state index contributed by atoms with van der Waals surface area (Å²) in [4.78, 5) is 26.9. The molecule has 0 saturated carbocycles. The van der Waals surface area contributed by atoms with Gasteiger partial charge in [0, 0.05) is 31.2 Å². The third-order valence-corrected chi connectivity index (χ3v) is 5.56. The van der Waals surface area contributed by atoms with E-state index >= 15 is 0 Å². The van der Waals surface area contributed by atoms with Gasteiger partial charge < -0.3 is 10.2 Å². The van der Waals surface area contributed by atoms with Crippen molar-refractivity contribution >= 4 is 18.3 Å². The number of fused-ring (bicyclic) bond motifs is 2. The molecule has 140 valence electrons. The van der Waals surface area contributed by atoms with Gasteiger partial charge in [0.25, 0.3) is 11.5 Å². The average Bonchev–Trinajstić information content (AvgIpc) is 3.16. The monoisotopic (exact) mass is 376 g/mol. The first-order valence-corrected chi connectivity index (χ1v) is 8.93. The number of aryl methyl sites for hydroxylation is 1. The lowest BCUT2D eigenvalue weighted by atomic mass is 9.98. The number of rotatable bonds is 3. The minimum Gasteiger partial charge on any atom is -0.337 e. The zero-order valence-corrected chi connectivity index (χ0v) is 15.9. The molecule has 1 aromatic heterocycles. The van der Waals surface area contributed by atoms with E-state index in [0.717, 1.165) is 24.1 Å². The summed E-state index contributed by atoms with van der Waals surface area (Å²) in [6.45, 7) is 2.00. The number of hydrogen-bond acceptors (Lipinski definition) is 3. The van der Waals surface area contributed by atoms with Gasteiger partial charge in [0.2, 0.25) is 0 Å². The predicted octanol–water partition coefficient (Wildman–Crippen LogP) is 2.25. The molecule has 2 aliphatic rings. The highest BCUT2D eigenvalue weighted by Gasteiger charge is 2.36. The summed E-state index contributed by atoms with van der Waals surface area (Å²) >= 11 is 0. The fraction of sp³-hybridized carbons (Fsp3) is 0.474. The Morgan fingerprint density at radius 1 is 1.15 bits per heavy atom. The minimum absolute atomic E-state index is 0. The van der Waals surface area contributed by atoms with Crippen molar-refractivity contribution in [3.8, 4) is 5.69 Å². The molecule has 2 bridgehead atoms. The van der Waals surface area contributed by atoms with Crippen LogP contribution in [0.4, 0.5) is 0 Å². The van der Waals surface area contributed by atoms with Gasteiger partial charge in [0.1, 0.15) is 5.69 Å². The molecule has 2 saturated heterocycles. The van der Waals surface area contributed by atoms with E-state index in [2.05, 4.69) is 10.4 Å². The Morgan fingerprint density at radius 2 is 1.77 bits per heavy atom. The quantitative estimate of drug-likeness (QED) is 0.863. The van der Waals surface area contributed by atoms with E-state index in [4.69, 9.17) is 0 Å². The molecule has 2 aromatic rings. The van der Waals surface area contributed by atoms with E-state index in [1.165, 1.54) is 23.6 Å². The number of halogens is 1. The maximum absolute atomic E-state index is 12.9. The van der Waals surface area contributed by atoms with Crippen molar-refractivity contribution in [2.75, 3.05) is 7.05 Å². The number of aromatic amines is 1. The molecule has 6 nitrogen and oxygen atoms in total.